The molecule has 83 heavy (non-hydrogen) atoms. The van der Waals surface area contributed by atoms with Gasteiger partial charge < -0.3 is 29.7 Å². The van der Waals surface area contributed by atoms with Crippen LogP contribution in [-0.4, -0.2) is 154 Å². The number of rotatable bonds is 28. The number of nitrogens with zero attached hydrogens (tertiary/aromatic N) is 5. The molecular weight excluding hydrogens is 1080 g/mol. The van der Waals surface area contributed by atoms with Gasteiger partial charge in [-0.3, -0.25) is 23.8 Å². The number of allylic oxidation sites excluding steroid dienone is 5. The van der Waals surface area contributed by atoms with Gasteiger partial charge >= 0.3 is 0 Å². The van der Waals surface area contributed by atoms with Gasteiger partial charge in [0, 0.05) is 89.8 Å². The minimum Gasteiger partial charge on any atom is -0.491 e. The molecule has 3 saturated heterocycles. The van der Waals surface area contributed by atoms with Gasteiger partial charge in [0.2, 0.25) is 0 Å². The van der Waals surface area contributed by atoms with E-state index in [-0.39, 0.29) is 24.3 Å². The predicted octanol–water partition coefficient (Wildman–Crippen LogP) is 14.5. The molecule has 14 heteroatoms. The number of unbranched alkanes of at least 4 members (excludes halogenated alkanes) is 2. The van der Waals surface area contributed by atoms with E-state index in [9.17, 15) is 14.0 Å². The Kier molecular flexibility index (Phi) is 45.4. The van der Waals surface area contributed by atoms with Gasteiger partial charge in [0.25, 0.3) is 11.8 Å². The Morgan fingerprint density at radius 2 is 1.60 bits per heavy atom. The van der Waals surface area contributed by atoms with Crippen LogP contribution in [0.5, 0.6) is 0 Å². The van der Waals surface area contributed by atoms with E-state index in [1.165, 1.54) is 44.1 Å². The van der Waals surface area contributed by atoms with Gasteiger partial charge in [0.15, 0.2) is 0 Å². The third-order valence-electron chi connectivity index (χ3n) is 13.9. The monoisotopic (exact) mass is 1190 g/mol. The number of nitrogens with two attached hydrogens (primary N) is 1. The van der Waals surface area contributed by atoms with Gasteiger partial charge in [0.1, 0.15) is 29.8 Å². The summed E-state index contributed by atoms with van der Waals surface area (Å²) in [5.74, 6) is 12.4. The van der Waals surface area contributed by atoms with Crippen molar-refractivity contribution in [3.63, 3.8) is 0 Å². The number of terminal acetylenes is 1. The number of fused-ring (bicyclic) bond motifs is 1. The van der Waals surface area contributed by atoms with Crippen molar-refractivity contribution in [1.82, 2.24) is 19.6 Å². The summed E-state index contributed by atoms with van der Waals surface area (Å²) in [4.78, 5) is 40.8. The Morgan fingerprint density at radius 3 is 2.13 bits per heavy atom. The zero-order valence-electron chi connectivity index (χ0n) is 53.6. The van der Waals surface area contributed by atoms with Crippen molar-refractivity contribution in [1.29, 1.82) is 0 Å². The highest BCUT2D eigenvalue weighted by Gasteiger charge is 2.32. The predicted molar refractivity (Wildman–Crippen MR) is 353 cm³/mol. The van der Waals surface area contributed by atoms with Crippen molar-refractivity contribution in [3.8, 4) is 24.2 Å². The highest BCUT2D eigenvalue weighted by Crippen LogP contribution is 2.34. The Labute approximate surface area is 515 Å². The molecule has 5 aliphatic rings. The van der Waals surface area contributed by atoms with Crippen molar-refractivity contribution in [2.45, 2.75) is 178 Å². The van der Waals surface area contributed by atoms with E-state index in [0.717, 1.165) is 124 Å². The van der Waals surface area contributed by atoms with Crippen molar-refractivity contribution < 1.29 is 28.2 Å². The summed E-state index contributed by atoms with van der Waals surface area (Å²) in [7, 11) is 0. The number of ether oxygens (including phenoxy) is 3. The fourth-order valence-corrected chi connectivity index (χ4v) is 9.97. The standard InChI is InChI=1S/C28H38ClN3O3S.C24H45N3O2.C7H14.C6H10.C4H5F/c1-5-22(4)30-27(29)10-7-13-31-14-15-34-25(20-31)28(33)32(18-21(2)3)19-23-8-6-9-24-26(12-11-23)36-17-16-35-24;1-6-8-9-13-26-14-15-29-23(19-26)24(28)27(17-20(3)4)18-22(7-2)12-10-11-21(5)16-25;1-2-3-4-7-5-6-7;1-3-5-6-4-2;1-2-3-4-5/h5,8-11,21,25H,1,6-7,13-20H2,2-4H3;6,8,12,20-21,23H,7,9-11,13-19,25H2,1-5H3;7H,2-6H2,1H3;3,5H2,1-2H3;1H,3-4H2/b23-8+,24-9?,27-10-,30-22-;8-6-,22-12+;;;. The quantitative estimate of drug-likeness (QED) is 0.0269. The third kappa shape index (κ3) is 37.8. The first-order valence-corrected chi connectivity index (χ1v) is 32.7. The van der Waals surface area contributed by atoms with Gasteiger partial charge in [-0.2, -0.15) is 0 Å². The lowest BCUT2D eigenvalue weighted by Crippen LogP contribution is -2.52. The maximum atomic E-state index is 13.6. The number of hydrogen-bond donors (Lipinski definition) is 1. The molecule has 2 aliphatic carbocycles. The molecule has 0 radical (unpaired) electrons. The van der Waals surface area contributed by atoms with E-state index >= 15 is 0 Å². The SMILES string of the molecule is C#CCCF.C/C=C\CCN1CCOC(C(=O)N(C/C(=C/CCC(C)CN)CC)CC(C)C)C1.C=C/C(C)=N\C(Cl)=C/CCN1CCOC(C(=O)N(C/C2=C/CC=C3OCCSC3=C=C2)CC(C)C)C1.CC#CCCC.CCCCC1CC1. The van der Waals surface area contributed by atoms with Crippen LogP contribution in [0.2, 0.25) is 0 Å². The number of aliphatic imine (C=N–C) groups is 1. The van der Waals surface area contributed by atoms with Crippen LogP contribution in [0.4, 0.5) is 4.39 Å². The second-order valence-corrected chi connectivity index (χ2v) is 24.1. The number of halogens is 2. The Bertz CT molecular complexity index is 2190. The van der Waals surface area contributed by atoms with Gasteiger partial charge in [-0.05, 0) is 126 Å². The van der Waals surface area contributed by atoms with Crippen molar-refractivity contribution in [3.05, 3.63) is 87.9 Å². The molecule has 1 saturated carbocycles. The summed E-state index contributed by atoms with van der Waals surface area (Å²) in [6, 6.07) is 0. The normalized spacial score (nSPS) is 19.4. The molecule has 0 aromatic carbocycles. The van der Waals surface area contributed by atoms with Crippen molar-refractivity contribution >= 4 is 40.9 Å². The fraction of sp³-hybridized carbons (Fsp3) is 0.681. The molecule has 11 nitrogen and oxygen atoms in total. The summed E-state index contributed by atoms with van der Waals surface area (Å²) >= 11 is 7.96. The number of amides is 2. The zero-order chi connectivity index (χ0) is 61.6. The van der Waals surface area contributed by atoms with Crippen LogP contribution < -0.4 is 5.73 Å². The molecule has 0 aromatic rings. The highest BCUT2D eigenvalue weighted by molar-refractivity contribution is 8.03. The van der Waals surface area contributed by atoms with Crippen LogP contribution in [-0.2, 0) is 23.8 Å². The molecule has 3 atom stereocenters. The van der Waals surface area contributed by atoms with E-state index < -0.39 is 12.8 Å². The van der Waals surface area contributed by atoms with E-state index in [1.807, 2.05) is 42.7 Å². The van der Waals surface area contributed by atoms with Gasteiger partial charge in [-0.15, -0.1) is 41.7 Å². The number of carbonyl (C=O) groups is 2. The van der Waals surface area contributed by atoms with Crippen LogP contribution in [0.1, 0.15) is 166 Å². The van der Waals surface area contributed by atoms with E-state index in [0.29, 0.717) is 68.8 Å². The summed E-state index contributed by atoms with van der Waals surface area (Å²) in [6.07, 6.45) is 35.8. The second kappa shape index (κ2) is 49.0. The molecule has 0 aromatic heterocycles. The lowest BCUT2D eigenvalue weighted by atomic mass is 10.0. The minimum atomic E-state index is -0.469. The molecule has 0 spiro atoms. The van der Waals surface area contributed by atoms with E-state index in [2.05, 4.69) is 137 Å². The van der Waals surface area contributed by atoms with Crippen molar-refractivity contribution in [2.75, 3.05) is 104 Å². The summed E-state index contributed by atoms with van der Waals surface area (Å²) < 4.78 is 28.5. The molecule has 0 bridgehead atoms. The summed E-state index contributed by atoms with van der Waals surface area (Å²) in [6.45, 7) is 36.6. The maximum absolute atomic E-state index is 13.6. The van der Waals surface area contributed by atoms with Crippen LogP contribution in [0.25, 0.3) is 0 Å². The van der Waals surface area contributed by atoms with Gasteiger partial charge in [0.05, 0.1) is 24.7 Å². The van der Waals surface area contributed by atoms with Crippen molar-refractivity contribution in [2.24, 2.45) is 34.4 Å². The lowest BCUT2D eigenvalue weighted by molar-refractivity contribution is -0.150. The third-order valence-corrected chi connectivity index (χ3v) is 15.1. The Hall–Kier alpha value is -4.14. The highest BCUT2D eigenvalue weighted by atomic mass is 35.5. The molecule has 3 aliphatic heterocycles. The smallest absolute Gasteiger partial charge is 0.253 e. The average Bonchev–Trinajstić information content (AvgIpc) is 4.42. The van der Waals surface area contributed by atoms with Gasteiger partial charge in [-0.25, -0.2) is 4.99 Å². The molecule has 5 rings (SSSR count). The summed E-state index contributed by atoms with van der Waals surface area (Å²) in [5.41, 5.74) is 12.3. The first-order chi connectivity index (χ1) is 40.0. The first-order valence-electron chi connectivity index (χ1n) is 31.3. The van der Waals surface area contributed by atoms with Crippen LogP contribution in [0, 0.1) is 47.9 Å². The largest absolute Gasteiger partial charge is 0.491 e. The molecule has 4 fully saturated rings. The molecule has 468 valence electrons. The molecule has 3 heterocycles. The topological polar surface area (TPSA) is 113 Å². The number of thioether (sulfide) groups is 1. The Morgan fingerprint density at radius 1 is 0.952 bits per heavy atom. The molecule has 2 amide bonds. The molecule has 2 N–H and O–H groups in total. The number of hydrogen-bond acceptors (Lipinski definition) is 10. The maximum Gasteiger partial charge on any atom is 0.253 e. The second-order valence-electron chi connectivity index (χ2n) is 22.6. The number of carbonyl (C=O) groups excluding carboxylic acids is 2. The molecule has 3 unspecified atom stereocenters. The van der Waals surface area contributed by atoms with Gasteiger partial charge in [-0.1, -0.05) is 136 Å². The van der Waals surface area contributed by atoms with Crippen LogP contribution >= 0.6 is 23.4 Å². The molecular formula is C69H112ClFN6O5S. The number of alkyl halides is 1. The fourth-order valence-electron chi connectivity index (χ4n) is 8.93. The first kappa shape index (κ1) is 76.9. The van der Waals surface area contributed by atoms with E-state index in [1.54, 1.807) is 17.8 Å². The Balaban J connectivity index is 0.000000645. The van der Waals surface area contributed by atoms with E-state index in [4.69, 9.17) is 31.5 Å². The zero-order valence-corrected chi connectivity index (χ0v) is 55.2. The minimum absolute atomic E-state index is 0.0452. The van der Waals surface area contributed by atoms with Crippen LogP contribution in [0.15, 0.2) is 92.9 Å². The number of morpholine rings is 2. The summed E-state index contributed by atoms with van der Waals surface area (Å²) in [5, 5.41) is 0.465. The average molecular weight is 1190 g/mol. The lowest BCUT2D eigenvalue weighted by Gasteiger charge is -2.35. The van der Waals surface area contributed by atoms with Crippen LogP contribution in [0.3, 0.4) is 0 Å².